The molecule has 5 nitrogen and oxygen atoms in total. The van der Waals surface area contributed by atoms with Gasteiger partial charge in [-0.1, -0.05) is 6.42 Å². The zero-order valence-electron chi connectivity index (χ0n) is 10.00. The van der Waals surface area contributed by atoms with E-state index in [1.807, 2.05) is 0 Å². The van der Waals surface area contributed by atoms with Crippen LogP contribution in [0.25, 0.3) is 0 Å². The Morgan fingerprint density at radius 3 is 2.59 bits per heavy atom. The van der Waals surface area contributed by atoms with Crippen molar-refractivity contribution < 1.29 is 14.7 Å². The minimum atomic E-state index is -0.766. The first-order valence-electron chi connectivity index (χ1n) is 6.34. The van der Waals surface area contributed by atoms with Crippen molar-refractivity contribution in [2.24, 2.45) is 5.41 Å². The van der Waals surface area contributed by atoms with Crippen molar-refractivity contribution >= 4 is 11.9 Å². The molecule has 96 valence electrons. The van der Waals surface area contributed by atoms with Gasteiger partial charge in [-0.15, -0.1) is 0 Å². The molecule has 0 aromatic carbocycles. The van der Waals surface area contributed by atoms with E-state index in [1.165, 1.54) is 0 Å². The number of carboxylic acids is 1. The van der Waals surface area contributed by atoms with Crippen LogP contribution in [0.1, 0.15) is 38.5 Å². The topological polar surface area (TPSA) is 78.4 Å². The number of carbonyl (C=O) groups excluding carboxylic acids is 1. The molecule has 1 heterocycles. The molecule has 5 heteroatoms. The third-order valence-corrected chi connectivity index (χ3v) is 3.95. The van der Waals surface area contributed by atoms with E-state index in [0.29, 0.717) is 6.54 Å². The number of rotatable bonds is 5. The van der Waals surface area contributed by atoms with Gasteiger partial charge in [0.1, 0.15) is 0 Å². The van der Waals surface area contributed by atoms with Gasteiger partial charge in [0.2, 0.25) is 5.91 Å². The highest BCUT2D eigenvalue weighted by Crippen LogP contribution is 2.43. The number of carbonyl (C=O) groups is 2. The lowest BCUT2D eigenvalue weighted by Crippen LogP contribution is -2.48. The van der Waals surface area contributed by atoms with E-state index in [4.69, 9.17) is 5.11 Å². The highest BCUT2D eigenvalue weighted by molar-refractivity contribution is 5.82. The number of hydrogen-bond acceptors (Lipinski definition) is 3. The second-order valence-electron chi connectivity index (χ2n) is 5.29. The van der Waals surface area contributed by atoms with Crippen molar-refractivity contribution in [3.63, 3.8) is 0 Å². The van der Waals surface area contributed by atoms with Gasteiger partial charge in [0.05, 0.1) is 12.5 Å². The average Bonchev–Trinajstić information content (AvgIpc) is 2.74. The Kier molecular flexibility index (Phi) is 3.66. The molecule has 1 saturated carbocycles. The zero-order valence-corrected chi connectivity index (χ0v) is 10.00. The van der Waals surface area contributed by atoms with Crippen LogP contribution < -0.4 is 10.6 Å². The molecular weight excluding hydrogens is 220 g/mol. The van der Waals surface area contributed by atoms with Gasteiger partial charge in [0.25, 0.3) is 0 Å². The summed E-state index contributed by atoms with van der Waals surface area (Å²) in [5.41, 5.74) is -0.180. The number of nitrogens with one attached hydrogen (secondary N) is 2. The Hall–Kier alpha value is -1.10. The van der Waals surface area contributed by atoms with E-state index in [9.17, 15) is 9.59 Å². The predicted molar refractivity (Wildman–Crippen MR) is 62.6 cm³/mol. The molecule has 2 aliphatic rings. The lowest BCUT2D eigenvalue weighted by molar-refractivity contribution is -0.142. The summed E-state index contributed by atoms with van der Waals surface area (Å²) in [7, 11) is 0. The van der Waals surface area contributed by atoms with Gasteiger partial charge >= 0.3 is 5.97 Å². The van der Waals surface area contributed by atoms with Crippen LogP contribution in [0.15, 0.2) is 0 Å². The van der Waals surface area contributed by atoms with E-state index in [1.54, 1.807) is 0 Å². The van der Waals surface area contributed by atoms with Crippen LogP contribution in [0.3, 0.4) is 0 Å². The quantitative estimate of drug-likeness (QED) is 0.654. The Labute approximate surface area is 101 Å². The smallest absolute Gasteiger partial charge is 0.303 e. The normalized spacial score (nSPS) is 26.2. The summed E-state index contributed by atoms with van der Waals surface area (Å²) in [4.78, 5) is 22.6. The largest absolute Gasteiger partial charge is 0.481 e. The summed E-state index contributed by atoms with van der Waals surface area (Å²) < 4.78 is 0. The van der Waals surface area contributed by atoms with Crippen LogP contribution in [0.4, 0.5) is 0 Å². The van der Waals surface area contributed by atoms with Gasteiger partial charge in [-0.25, -0.2) is 0 Å². The molecule has 0 aromatic heterocycles. The fourth-order valence-corrected chi connectivity index (χ4v) is 2.72. The zero-order chi connectivity index (χ0) is 12.3. The average molecular weight is 240 g/mol. The molecule has 3 N–H and O–H groups in total. The number of aliphatic carboxylic acids is 1. The summed E-state index contributed by atoms with van der Waals surface area (Å²) in [5.74, 6) is -0.739. The van der Waals surface area contributed by atoms with Crippen LogP contribution in [-0.2, 0) is 9.59 Å². The van der Waals surface area contributed by atoms with Gasteiger partial charge in [0.15, 0.2) is 0 Å². The number of amides is 1. The van der Waals surface area contributed by atoms with Crippen molar-refractivity contribution in [2.75, 3.05) is 13.1 Å². The molecule has 0 aromatic rings. The lowest BCUT2D eigenvalue weighted by Gasteiger charge is -2.41. The predicted octanol–water partition coefficient (Wildman–Crippen LogP) is 0.500. The van der Waals surface area contributed by atoms with Gasteiger partial charge in [-0.2, -0.15) is 0 Å². The summed E-state index contributed by atoms with van der Waals surface area (Å²) >= 11 is 0. The van der Waals surface area contributed by atoms with E-state index >= 15 is 0 Å². The Balaban J connectivity index is 1.79. The first-order chi connectivity index (χ1) is 8.11. The summed E-state index contributed by atoms with van der Waals surface area (Å²) in [6.45, 7) is 1.41. The van der Waals surface area contributed by atoms with Crippen molar-refractivity contribution in [2.45, 2.75) is 44.6 Å². The van der Waals surface area contributed by atoms with Crippen molar-refractivity contribution in [3.05, 3.63) is 0 Å². The second kappa shape index (κ2) is 5.04. The second-order valence-corrected chi connectivity index (χ2v) is 5.29. The van der Waals surface area contributed by atoms with E-state index < -0.39 is 5.97 Å². The highest BCUT2D eigenvalue weighted by atomic mass is 16.4. The van der Waals surface area contributed by atoms with Crippen LogP contribution in [0, 0.1) is 5.41 Å². The van der Waals surface area contributed by atoms with Crippen LogP contribution in [0.5, 0.6) is 0 Å². The van der Waals surface area contributed by atoms with Crippen molar-refractivity contribution in [3.8, 4) is 0 Å². The molecule has 1 amide bonds. The first-order valence-corrected chi connectivity index (χ1v) is 6.34. The Bertz CT molecular complexity index is 307. The summed E-state index contributed by atoms with van der Waals surface area (Å²) in [6, 6.07) is -0.0723. The van der Waals surface area contributed by atoms with E-state index in [-0.39, 0.29) is 23.8 Å². The molecule has 1 aliphatic heterocycles. The van der Waals surface area contributed by atoms with Gasteiger partial charge in [-0.3, -0.25) is 9.59 Å². The lowest BCUT2D eigenvalue weighted by atomic mass is 9.66. The van der Waals surface area contributed by atoms with E-state index in [0.717, 1.165) is 38.6 Å². The minimum absolute atomic E-state index is 0.0270. The van der Waals surface area contributed by atoms with Gasteiger partial charge in [0, 0.05) is 6.54 Å². The number of carboxylic acid groups (broad SMARTS) is 1. The molecule has 1 aliphatic carbocycles. The summed E-state index contributed by atoms with van der Waals surface area (Å²) in [5, 5.41) is 14.9. The fraction of sp³-hybridized carbons (Fsp3) is 0.833. The fourth-order valence-electron chi connectivity index (χ4n) is 2.72. The molecule has 1 atom stereocenters. The highest BCUT2D eigenvalue weighted by Gasteiger charge is 2.39. The molecule has 1 saturated heterocycles. The van der Waals surface area contributed by atoms with Gasteiger partial charge in [-0.05, 0) is 37.6 Å². The molecule has 0 spiro atoms. The first kappa shape index (κ1) is 12.4. The molecule has 0 bridgehead atoms. The minimum Gasteiger partial charge on any atom is -0.481 e. The number of hydrogen-bond donors (Lipinski definition) is 3. The molecule has 2 rings (SSSR count). The summed E-state index contributed by atoms with van der Waals surface area (Å²) in [6.07, 6.45) is 5.00. The Morgan fingerprint density at radius 1 is 1.35 bits per heavy atom. The van der Waals surface area contributed by atoms with E-state index in [2.05, 4.69) is 10.6 Å². The van der Waals surface area contributed by atoms with Crippen molar-refractivity contribution in [1.82, 2.24) is 10.6 Å². The standard InChI is InChI=1S/C12H20N2O3/c15-10(16)7-12(4-2-5-12)8-14-11(17)9-3-1-6-13-9/h9,13H,1-8H2,(H,14,17)(H,15,16). The maximum atomic E-state index is 11.8. The maximum Gasteiger partial charge on any atom is 0.303 e. The molecule has 17 heavy (non-hydrogen) atoms. The third-order valence-electron chi connectivity index (χ3n) is 3.95. The molecular formula is C12H20N2O3. The van der Waals surface area contributed by atoms with Crippen molar-refractivity contribution in [1.29, 1.82) is 0 Å². The van der Waals surface area contributed by atoms with Gasteiger partial charge < -0.3 is 15.7 Å². The third kappa shape index (κ3) is 2.97. The molecule has 1 unspecified atom stereocenters. The monoisotopic (exact) mass is 240 g/mol. The Morgan fingerprint density at radius 2 is 2.12 bits per heavy atom. The maximum absolute atomic E-state index is 11.8. The van der Waals surface area contributed by atoms with Crippen LogP contribution in [-0.4, -0.2) is 36.1 Å². The van der Waals surface area contributed by atoms with Crippen LogP contribution >= 0.6 is 0 Å². The molecule has 0 radical (unpaired) electrons. The SMILES string of the molecule is O=C(O)CC1(CNC(=O)C2CCCN2)CCC1. The molecule has 2 fully saturated rings. The van der Waals surface area contributed by atoms with Crippen LogP contribution in [0.2, 0.25) is 0 Å².